The minimum absolute atomic E-state index is 0.0205. The van der Waals surface area contributed by atoms with Crippen LogP contribution in [0.4, 0.5) is 20.2 Å². The Kier molecular flexibility index (Phi) is 6.29. The number of hydrogen-bond donors (Lipinski definition) is 1. The minimum Gasteiger partial charge on any atom is -0.507 e. The van der Waals surface area contributed by atoms with Crippen LogP contribution in [0.15, 0.2) is 66.2 Å². The van der Waals surface area contributed by atoms with Crippen LogP contribution in [-0.2, 0) is 9.59 Å². The summed E-state index contributed by atoms with van der Waals surface area (Å²) in [6.45, 7) is 5.62. The molecule has 2 aliphatic heterocycles. The van der Waals surface area contributed by atoms with Crippen LogP contribution in [0.2, 0.25) is 0 Å². The standard InChI is InChI=1S/C28H24F2N2O5/c1-3-31(4-2)19-9-5-16(6-10-19)25-24(26(33)17-7-12-22-23(13-17)37-15-36-22)27(34)28(35)32(25)21-11-8-18(29)14-20(21)30/h5-14,25,33H,3-4,15H2,1-2H3/b26-24-. The van der Waals surface area contributed by atoms with E-state index in [-0.39, 0.29) is 23.6 Å². The molecule has 0 aromatic heterocycles. The fourth-order valence-electron chi connectivity index (χ4n) is 4.73. The van der Waals surface area contributed by atoms with Gasteiger partial charge in [-0.25, -0.2) is 8.78 Å². The molecule has 3 aromatic carbocycles. The zero-order valence-electron chi connectivity index (χ0n) is 20.2. The average molecular weight is 507 g/mol. The maximum atomic E-state index is 14.9. The highest BCUT2D eigenvalue weighted by Crippen LogP contribution is 2.44. The van der Waals surface area contributed by atoms with Gasteiger partial charge in [-0.2, -0.15) is 0 Å². The molecule has 190 valence electrons. The predicted molar refractivity (Wildman–Crippen MR) is 134 cm³/mol. The number of ether oxygens (including phenoxy) is 2. The molecule has 9 heteroatoms. The smallest absolute Gasteiger partial charge is 0.300 e. The molecule has 5 rings (SSSR count). The molecule has 3 aromatic rings. The van der Waals surface area contributed by atoms with Gasteiger partial charge in [-0.3, -0.25) is 14.5 Å². The number of aliphatic hydroxyl groups is 1. The number of anilines is 2. The van der Waals surface area contributed by atoms with Gasteiger partial charge < -0.3 is 19.5 Å². The molecule has 0 bridgehead atoms. The first-order valence-electron chi connectivity index (χ1n) is 11.8. The quantitative estimate of drug-likeness (QED) is 0.283. The molecule has 1 N–H and O–H groups in total. The highest BCUT2D eigenvalue weighted by Gasteiger charge is 2.47. The Hall–Kier alpha value is -4.40. The largest absolute Gasteiger partial charge is 0.507 e. The van der Waals surface area contributed by atoms with Gasteiger partial charge >= 0.3 is 0 Å². The third-order valence-electron chi connectivity index (χ3n) is 6.60. The van der Waals surface area contributed by atoms with Crippen LogP contribution >= 0.6 is 0 Å². The zero-order valence-corrected chi connectivity index (χ0v) is 20.2. The number of amides is 1. The summed E-state index contributed by atoms with van der Waals surface area (Å²) >= 11 is 0. The SMILES string of the molecule is CCN(CC)c1ccc(C2/C(=C(/O)c3ccc4c(c3)OCO4)C(=O)C(=O)N2c2ccc(F)cc2F)cc1. The van der Waals surface area contributed by atoms with Crippen LogP contribution < -0.4 is 19.3 Å². The van der Waals surface area contributed by atoms with E-state index in [9.17, 15) is 23.5 Å². The number of Topliss-reactive ketones (excluding diaryl/α,β-unsaturated/α-hetero) is 1. The molecule has 1 atom stereocenters. The fourth-order valence-corrected chi connectivity index (χ4v) is 4.73. The first-order valence-corrected chi connectivity index (χ1v) is 11.8. The van der Waals surface area contributed by atoms with Crippen LogP contribution in [0.25, 0.3) is 5.76 Å². The molecule has 7 nitrogen and oxygen atoms in total. The summed E-state index contributed by atoms with van der Waals surface area (Å²) in [5.41, 5.74) is 1.14. The van der Waals surface area contributed by atoms with E-state index in [0.717, 1.165) is 35.8 Å². The van der Waals surface area contributed by atoms with E-state index in [2.05, 4.69) is 4.90 Å². The van der Waals surface area contributed by atoms with Crippen LogP contribution in [0.5, 0.6) is 11.5 Å². The molecule has 1 fully saturated rings. The van der Waals surface area contributed by atoms with Gasteiger partial charge in [0.05, 0.1) is 17.3 Å². The lowest BCUT2D eigenvalue weighted by Crippen LogP contribution is -2.30. The molecule has 1 saturated heterocycles. The number of nitrogens with zero attached hydrogens (tertiary/aromatic N) is 2. The van der Waals surface area contributed by atoms with Crippen LogP contribution in [0.3, 0.4) is 0 Å². The van der Waals surface area contributed by atoms with E-state index in [1.807, 2.05) is 26.0 Å². The van der Waals surface area contributed by atoms with Gasteiger partial charge in [-0.05, 0) is 61.9 Å². The Morgan fingerprint density at radius 1 is 0.973 bits per heavy atom. The van der Waals surface area contributed by atoms with E-state index in [4.69, 9.17) is 9.47 Å². The lowest BCUT2D eigenvalue weighted by Gasteiger charge is -2.27. The van der Waals surface area contributed by atoms with Crippen molar-refractivity contribution in [2.24, 2.45) is 0 Å². The Morgan fingerprint density at radius 3 is 2.35 bits per heavy atom. The summed E-state index contributed by atoms with van der Waals surface area (Å²) in [7, 11) is 0. The van der Waals surface area contributed by atoms with Gasteiger partial charge in [0.2, 0.25) is 6.79 Å². The molecular formula is C28H24F2N2O5. The van der Waals surface area contributed by atoms with Crippen molar-refractivity contribution in [2.45, 2.75) is 19.9 Å². The average Bonchev–Trinajstić information content (AvgIpc) is 3.47. The van der Waals surface area contributed by atoms with E-state index in [1.165, 1.54) is 12.1 Å². The van der Waals surface area contributed by atoms with Gasteiger partial charge in [0, 0.05) is 30.4 Å². The van der Waals surface area contributed by atoms with Crippen molar-refractivity contribution in [1.29, 1.82) is 0 Å². The van der Waals surface area contributed by atoms with E-state index in [0.29, 0.717) is 23.1 Å². The molecule has 2 heterocycles. The number of ketones is 1. The monoisotopic (exact) mass is 506 g/mol. The number of rotatable bonds is 6. The number of carbonyl (C=O) groups is 2. The van der Waals surface area contributed by atoms with Crippen LogP contribution in [0, 0.1) is 11.6 Å². The van der Waals surface area contributed by atoms with Crippen LogP contribution in [0.1, 0.15) is 31.0 Å². The molecule has 0 radical (unpaired) electrons. The van der Waals surface area contributed by atoms with E-state index >= 15 is 0 Å². The van der Waals surface area contributed by atoms with E-state index in [1.54, 1.807) is 18.2 Å². The molecule has 0 saturated carbocycles. The number of aliphatic hydroxyl groups excluding tert-OH is 1. The number of carbonyl (C=O) groups excluding carboxylic acids is 2. The second-order valence-corrected chi connectivity index (χ2v) is 8.60. The summed E-state index contributed by atoms with van der Waals surface area (Å²) in [6.07, 6.45) is 0. The lowest BCUT2D eigenvalue weighted by atomic mass is 9.94. The lowest BCUT2D eigenvalue weighted by molar-refractivity contribution is -0.132. The number of hydrogen-bond acceptors (Lipinski definition) is 6. The van der Waals surface area contributed by atoms with Crippen LogP contribution in [-0.4, -0.2) is 36.7 Å². The minimum atomic E-state index is -1.16. The molecular weight excluding hydrogens is 482 g/mol. The van der Waals surface area contributed by atoms with Crippen molar-refractivity contribution < 1.29 is 33.0 Å². The first-order chi connectivity index (χ1) is 17.8. The summed E-state index contributed by atoms with van der Waals surface area (Å²) in [4.78, 5) is 29.6. The fraction of sp³-hybridized carbons (Fsp3) is 0.214. The Bertz CT molecular complexity index is 1420. The molecule has 37 heavy (non-hydrogen) atoms. The molecule has 1 amide bonds. The van der Waals surface area contributed by atoms with Gasteiger partial charge in [0.1, 0.15) is 17.4 Å². The van der Waals surface area contributed by atoms with Gasteiger partial charge in [-0.15, -0.1) is 0 Å². The summed E-state index contributed by atoms with van der Waals surface area (Å²) in [5.74, 6) is -3.44. The predicted octanol–water partition coefficient (Wildman–Crippen LogP) is 5.17. The molecule has 0 aliphatic carbocycles. The highest BCUT2D eigenvalue weighted by molar-refractivity contribution is 6.51. The maximum absolute atomic E-state index is 14.9. The van der Waals surface area contributed by atoms with Gasteiger partial charge in [0.15, 0.2) is 11.5 Å². The van der Waals surface area contributed by atoms with Gasteiger partial charge in [-0.1, -0.05) is 12.1 Å². The number of fused-ring (bicyclic) bond motifs is 1. The van der Waals surface area contributed by atoms with Crippen molar-refractivity contribution >= 4 is 28.8 Å². The summed E-state index contributed by atoms with van der Waals surface area (Å²) in [5, 5.41) is 11.3. The van der Waals surface area contributed by atoms with Gasteiger partial charge in [0.25, 0.3) is 11.7 Å². The summed E-state index contributed by atoms with van der Waals surface area (Å²) < 4.78 is 39.2. The Morgan fingerprint density at radius 2 is 1.68 bits per heavy atom. The van der Waals surface area contributed by atoms with E-state index < -0.39 is 35.1 Å². The van der Waals surface area contributed by atoms with Crippen molar-refractivity contribution in [3.63, 3.8) is 0 Å². The molecule has 0 spiro atoms. The first kappa shape index (κ1) is 24.3. The molecule has 2 aliphatic rings. The number of benzene rings is 3. The second kappa shape index (κ2) is 9.57. The zero-order chi connectivity index (χ0) is 26.3. The summed E-state index contributed by atoms with van der Waals surface area (Å²) in [6, 6.07) is 13.4. The van der Waals surface area contributed by atoms with Crippen molar-refractivity contribution in [2.75, 3.05) is 29.7 Å². The maximum Gasteiger partial charge on any atom is 0.300 e. The van der Waals surface area contributed by atoms with Crippen molar-refractivity contribution in [1.82, 2.24) is 0 Å². The topological polar surface area (TPSA) is 79.3 Å². The second-order valence-electron chi connectivity index (χ2n) is 8.60. The Labute approximate surface area is 212 Å². The third kappa shape index (κ3) is 4.16. The Balaban J connectivity index is 1.68. The third-order valence-corrected chi connectivity index (χ3v) is 6.60. The van der Waals surface area contributed by atoms with Crippen molar-refractivity contribution in [3.8, 4) is 11.5 Å². The normalized spacial score (nSPS) is 17.9. The highest BCUT2D eigenvalue weighted by atomic mass is 19.1. The molecule has 1 unspecified atom stereocenters. The number of halogens is 2. The van der Waals surface area contributed by atoms with Crippen molar-refractivity contribution in [3.05, 3.63) is 89.0 Å².